The number of hydrogen-bond acceptors (Lipinski definition) is 1. The van der Waals surface area contributed by atoms with E-state index in [0.29, 0.717) is 0 Å². The van der Waals surface area contributed by atoms with Gasteiger partial charge in [0.05, 0.1) is 0 Å². The van der Waals surface area contributed by atoms with Gasteiger partial charge in [-0.1, -0.05) is 24.3 Å². The minimum Gasteiger partial charge on any atom is -0.369 e. The number of nitrogens with two attached hydrogens (primary N) is 1. The lowest BCUT2D eigenvalue weighted by Crippen LogP contribution is -2.28. The lowest BCUT2D eigenvalue weighted by atomic mass is 9.84. The molecular weight excluding hydrogens is 162 g/mol. The van der Waals surface area contributed by atoms with Crippen molar-refractivity contribution in [3.8, 4) is 0 Å². The van der Waals surface area contributed by atoms with E-state index in [1.165, 1.54) is 11.1 Å². The molecule has 0 fully saturated rings. The van der Waals surface area contributed by atoms with Crippen molar-refractivity contribution in [1.82, 2.24) is 0 Å². The van der Waals surface area contributed by atoms with Crippen molar-refractivity contribution in [3.05, 3.63) is 35.4 Å². The summed E-state index contributed by atoms with van der Waals surface area (Å²) in [7, 11) is 0. The van der Waals surface area contributed by atoms with Crippen molar-refractivity contribution >= 4 is 5.91 Å². The number of rotatable bonds is 1. The molecule has 0 unspecified atom stereocenters. The molecule has 0 aromatic heterocycles. The number of carbonyl (C=O) groups is 1. The van der Waals surface area contributed by atoms with Crippen molar-refractivity contribution < 1.29 is 4.79 Å². The van der Waals surface area contributed by atoms with Crippen molar-refractivity contribution in [1.29, 1.82) is 0 Å². The third-order valence-corrected chi connectivity index (χ3v) is 2.75. The topological polar surface area (TPSA) is 43.1 Å². The summed E-state index contributed by atoms with van der Waals surface area (Å²) in [4.78, 5) is 11.0. The van der Waals surface area contributed by atoms with Crippen molar-refractivity contribution in [2.45, 2.75) is 19.3 Å². The van der Waals surface area contributed by atoms with Crippen molar-refractivity contribution in [2.75, 3.05) is 0 Å². The van der Waals surface area contributed by atoms with E-state index in [0.717, 1.165) is 19.3 Å². The molecule has 0 spiro atoms. The molecule has 2 N–H and O–H groups in total. The SMILES string of the molecule is NC(=O)[C@H]1CCc2ccccc2C1. The first-order chi connectivity index (χ1) is 6.27. The summed E-state index contributed by atoms with van der Waals surface area (Å²) in [6.07, 6.45) is 2.72. The minimum absolute atomic E-state index is 0.0508. The van der Waals surface area contributed by atoms with Crippen LogP contribution in [0.1, 0.15) is 17.5 Å². The number of carbonyl (C=O) groups excluding carboxylic acids is 1. The Morgan fingerprint density at radius 1 is 1.31 bits per heavy atom. The molecule has 0 saturated carbocycles. The second kappa shape index (κ2) is 3.21. The molecule has 1 aliphatic carbocycles. The fourth-order valence-electron chi connectivity index (χ4n) is 1.94. The summed E-state index contributed by atoms with van der Waals surface area (Å²) in [5, 5.41) is 0. The molecule has 2 heteroatoms. The predicted molar refractivity (Wildman–Crippen MR) is 51.2 cm³/mol. The zero-order valence-electron chi connectivity index (χ0n) is 7.49. The van der Waals surface area contributed by atoms with E-state index in [-0.39, 0.29) is 11.8 Å². The molecule has 0 saturated heterocycles. The van der Waals surface area contributed by atoms with E-state index in [4.69, 9.17) is 5.73 Å². The van der Waals surface area contributed by atoms with Crippen LogP contribution in [0.4, 0.5) is 0 Å². The van der Waals surface area contributed by atoms with Gasteiger partial charge in [0.1, 0.15) is 0 Å². The highest BCUT2D eigenvalue weighted by Gasteiger charge is 2.21. The quantitative estimate of drug-likeness (QED) is 0.686. The molecule has 2 nitrogen and oxygen atoms in total. The zero-order valence-corrected chi connectivity index (χ0v) is 7.49. The molecule has 1 aromatic rings. The number of benzene rings is 1. The number of primary amides is 1. The average molecular weight is 175 g/mol. The number of aryl methyl sites for hydroxylation is 1. The average Bonchev–Trinajstić information content (AvgIpc) is 2.17. The Bertz CT molecular complexity index is 333. The van der Waals surface area contributed by atoms with Gasteiger partial charge < -0.3 is 5.73 Å². The van der Waals surface area contributed by atoms with E-state index in [1.54, 1.807) is 0 Å². The van der Waals surface area contributed by atoms with Crippen LogP contribution in [0.25, 0.3) is 0 Å². The van der Waals surface area contributed by atoms with Crippen molar-refractivity contribution in [3.63, 3.8) is 0 Å². The fraction of sp³-hybridized carbons (Fsp3) is 0.364. The molecule has 13 heavy (non-hydrogen) atoms. The van der Waals surface area contributed by atoms with Crippen LogP contribution >= 0.6 is 0 Å². The van der Waals surface area contributed by atoms with Gasteiger partial charge in [0.15, 0.2) is 0 Å². The predicted octanol–water partition coefficient (Wildman–Crippen LogP) is 1.28. The summed E-state index contributed by atoms with van der Waals surface area (Å²) in [5.74, 6) is -0.107. The standard InChI is InChI=1S/C11H13NO/c12-11(13)10-6-5-8-3-1-2-4-9(8)7-10/h1-4,10H,5-7H2,(H2,12,13)/t10-/m0/s1. The molecule has 0 bridgehead atoms. The van der Waals surface area contributed by atoms with E-state index in [1.807, 2.05) is 12.1 Å². The van der Waals surface area contributed by atoms with Crippen LogP contribution in [-0.2, 0) is 17.6 Å². The smallest absolute Gasteiger partial charge is 0.220 e. The van der Waals surface area contributed by atoms with Crippen LogP contribution in [0.2, 0.25) is 0 Å². The van der Waals surface area contributed by atoms with E-state index < -0.39 is 0 Å². The Morgan fingerprint density at radius 2 is 2.00 bits per heavy atom. The van der Waals surface area contributed by atoms with E-state index in [9.17, 15) is 4.79 Å². The maximum Gasteiger partial charge on any atom is 0.220 e. The van der Waals surface area contributed by atoms with Gasteiger partial charge in [-0.3, -0.25) is 4.79 Å². The summed E-state index contributed by atoms with van der Waals surface area (Å²) in [6, 6.07) is 8.28. The molecule has 1 aliphatic rings. The highest BCUT2D eigenvalue weighted by atomic mass is 16.1. The Morgan fingerprint density at radius 3 is 2.69 bits per heavy atom. The Kier molecular flexibility index (Phi) is 2.05. The number of hydrogen-bond donors (Lipinski definition) is 1. The van der Waals surface area contributed by atoms with E-state index in [2.05, 4.69) is 12.1 Å². The molecule has 0 radical (unpaired) electrons. The lowest BCUT2D eigenvalue weighted by molar-refractivity contribution is -0.122. The monoisotopic (exact) mass is 175 g/mol. The molecule has 1 atom stereocenters. The highest BCUT2D eigenvalue weighted by molar-refractivity contribution is 5.77. The first-order valence-corrected chi connectivity index (χ1v) is 4.63. The summed E-state index contributed by atoms with van der Waals surface area (Å²) in [6.45, 7) is 0. The minimum atomic E-state index is -0.158. The fourth-order valence-corrected chi connectivity index (χ4v) is 1.94. The van der Waals surface area contributed by atoms with Gasteiger partial charge in [0.2, 0.25) is 5.91 Å². The van der Waals surface area contributed by atoms with E-state index >= 15 is 0 Å². The molecule has 1 amide bonds. The van der Waals surface area contributed by atoms with Crippen molar-refractivity contribution in [2.24, 2.45) is 11.7 Å². The summed E-state index contributed by atoms with van der Waals surface area (Å²) in [5.41, 5.74) is 7.95. The number of amides is 1. The first kappa shape index (κ1) is 8.30. The molecule has 68 valence electrons. The summed E-state index contributed by atoms with van der Waals surface area (Å²) >= 11 is 0. The third-order valence-electron chi connectivity index (χ3n) is 2.75. The third kappa shape index (κ3) is 1.57. The van der Waals surface area contributed by atoms with Crippen LogP contribution < -0.4 is 5.73 Å². The normalized spacial score (nSPS) is 20.8. The van der Waals surface area contributed by atoms with Gasteiger partial charge in [-0.05, 0) is 30.4 Å². The van der Waals surface area contributed by atoms with Crippen LogP contribution in [0.3, 0.4) is 0 Å². The number of fused-ring (bicyclic) bond motifs is 1. The highest BCUT2D eigenvalue weighted by Crippen LogP contribution is 2.24. The maximum absolute atomic E-state index is 11.0. The van der Waals surface area contributed by atoms with Crippen LogP contribution in [0.5, 0.6) is 0 Å². The van der Waals surface area contributed by atoms with Gasteiger partial charge in [-0.25, -0.2) is 0 Å². The van der Waals surface area contributed by atoms with Gasteiger partial charge in [-0.2, -0.15) is 0 Å². The second-order valence-electron chi connectivity index (χ2n) is 3.61. The van der Waals surface area contributed by atoms with Crippen LogP contribution in [-0.4, -0.2) is 5.91 Å². The largest absolute Gasteiger partial charge is 0.369 e. The van der Waals surface area contributed by atoms with Gasteiger partial charge in [0.25, 0.3) is 0 Å². The second-order valence-corrected chi connectivity index (χ2v) is 3.61. The molecule has 0 heterocycles. The van der Waals surface area contributed by atoms with Gasteiger partial charge in [0, 0.05) is 5.92 Å². The Hall–Kier alpha value is -1.31. The molecular formula is C11H13NO. The molecule has 0 aliphatic heterocycles. The lowest BCUT2D eigenvalue weighted by Gasteiger charge is -2.21. The molecule has 2 rings (SSSR count). The zero-order chi connectivity index (χ0) is 9.26. The van der Waals surface area contributed by atoms with Crippen LogP contribution in [0.15, 0.2) is 24.3 Å². The first-order valence-electron chi connectivity index (χ1n) is 4.63. The van der Waals surface area contributed by atoms with Gasteiger partial charge >= 0.3 is 0 Å². The molecule has 1 aromatic carbocycles. The Labute approximate surface area is 77.8 Å². The maximum atomic E-state index is 11.0. The summed E-state index contributed by atoms with van der Waals surface area (Å²) < 4.78 is 0. The Balaban J connectivity index is 2.24. The van der Waals surface area contributed by atoms with Gasteiger partial charge in [-0.15, -0.1) is 0 Å². The van der Waals surface area contributed by atoms with Crippen LogP contribution in [0, 0.1) is 5.92 Å².